The van der Waals surface area contributed by atoms with Crippen LogP contribution in [0.4, 0.5) is 0 Å². The Morgan fingerprint density at radius 3 is 2.53 bits per heavy atom. The van der Waals surface area contributed by atoms with E-state index in [1.807, 2.05) is 30.3 Å². The van der Waals surface area contributed by atoms with Crippen LogP contribution in [-0.4, -0.2) is 31.9 Å². The van der Waals surface area contributed by atoms with Crippen molar-refractivity contribution in [2.24, 2.45) is 0 Å². The highest BCUT2D eigenvalue weighted by Crippen LogP contribution is 2.36. The van der Waals surface area contributed by atoms with Crippen LogP contribution in [0.1, 0.15) is 54.1 Å². The highest BCUT2D eigenvalue weighted by molar-refractivity contribution is 7.84. The maximum absolute atomic E-state index is 13.1. The molecule has 36 heavy (non-hydrogen) atoms. The lowest BCUT2D eigenvalue weighted by Crippen LogP contribution is -2.14. The van der Waals surface area contributed by atoms with Crippen molar-refractivity contribution >= 4 is 39.4 Å². The van der Waals surface area contributed by atoms with Crippen LogP contribution >= 0.6 is 11.6 Å². The maximum atomic E-state index is 13.1. The zero-order valence-electron chi connectivity index (χ0n) is 19.9. The SMILES string of the molecule is COc1ccc(Cl)cc1CS(=O)c1ccc(-c2nc3cc(C(=O)O)ccc3n2C2CCCCC2)cc1. The summed E-state index contributed by atoms with van der Waals surface area (Å²) in [4.78, 5) is 17.1. The molecule has 1 heterocycles. The van der Waals surface area contributed by atoms with Crippen molar-refractivity contribution in [2.75, 3.05) is 7.11 Å². The zero-order valence-corrected chi connectivity index (χ0v) is 21.5. The number of fused-ring (bicyclic) bond motifs is 1. The van der Waals surface area contributed by atoms with Gasteiger partial charge in [-0.05, 0) is 61.4 Å². The molecule has 1 saturated carbocycles. The van der Waals surface area contributed by atoms with Gasteiger partial charge in [0.15, 0.2) is 0 Å². The molecule has 6 nitrogen and oxygen atoms in total. The maximum Gasteiger partial charge on any atom is 0.335 e. The molecule has 186 valence electrons. The number of hydrogen-bond acceptors (Lipinski definition) is 4. The van der Waals surface area contributed by atoms with Gasteiger partial charge in [0.05, 0.1) is 40.3 Å². The quantitative estimate of drug-likeness (QED) is 0.286. The number of aromatic carboxylic acids is 1. The van der Waals surface area contributed by atoms with E-state index in [2.05, 4.69) is 4.57 Å². The monoisotopic (exact) mass is 522 g/mol. The van der Waals surface area contributed by atoms with Gasteiger partial charge in [0.1, 0.15) is 11.6 Å². The molecule has 1 fully saturated rings. The second-order valence-electron chi connectivity index (χ2n) is 9.08. The molecule has 5 rings (SSSR count). The minimum Gasteiger partial charge on any atom is -0.496 e. The lowest BCUT2D eigenvalue weighted by atomic mass is 9.95. The molecule has 1 N–H and O–H groups in total. The third-order valence-electron chi connectivity index (χ3n) is 6.78. The average molecular weight is 523 g/mol. The van der Waals surface area contributed by atoms with Crippen molar-refractivity contribution in [3.05, 3.63) is 76.8 Å². The molecule has 1 atom stereocenters. The van der Waals surface area contributed by atoms with E-state index in [1.165, 1.54) is 19.3 Å². The molecule has 0 amide bonds. The van der Waals surface area contributed by atoms with Crippen molar-refractivity contribution in [1.82, 2.24) is 9.55 Å². The second-order valence-corrected chi connectivity index (χ2v) is 11.0. The Kier molecular flexibility index (Phi) is 7.12. The molecule has 0 aliphatic heterocycles. The fraction of sp³-hybridized carbons (Fsp3) is 0.286. The van der Waals surface area contributed by atoms with Crippen LogP contribution in [-0.2, 0) is 16.6 Å². The van der Waals surface area contributed by atoms with E-state index >= 15 is 0 Å². The summed E-state index contributed by atoms with van der Waals surface area (Å²) in [6.07, 6.45) is 5.72. The number of aromatic nitrogens is 2. The minimum absolute atomic E-state index is 0.226. The van der Waals surface area contributed by atoms with Gasteiger partial charge in [0.2, 0.25) is 0 Å². The molecule has 1 aliphatic rings. The predicted molar refractivity (Wildman–Crippen MR) is 142 cm³/mol. The number of ether oxygens (including phenoxy) is 1. The molecule has 0 radical (unpaired) electrons. The third-order valence-corrected chi connectivity index (χ3v) is 8.39. The van der Waals surface area contributed by atoms with Crippen LogP contribution in [0.25, 0.3) is 22.4 Å². The number of carboxylic acid groups (broad SMARTS) is 1. The molecular formula is C28H27ClN2O4S. The van der Waals surface area contributed by atoms with E-state index in [1.54, 1.807) is 37.4 Å². The highest BCUT2D eigenvalue weighted by atomic mass is 35.5. The smallest absolute Gasteiger partial charge is 0.335 e. The van der Waals surface area contributed by atoms with Crippen molar-refractivity contribution in [3.63, 3.8) is 0 Å². The van der Waals surface area contributed by atoms with E-state index < -0.39 is 16.8 Å². The first-order valence-corrected chi connectivity index (χ1v) is 13.7. The van der Waals surface area contributed by atoms with E-state index in [9.17, 15) is 14.1 Å². The van der Waals surface area contributed by atoms with E-state index in [-0.39, 0.29) is 5.56 Å². The zero-order chi connectivity index (χ0) is 25.2. The Morgan fingerprint density at radius 1 is 1.08 bits per heavy atom. The number of benzene rings is 3. The van der Waals surface area contributed by atoms with E-state index in [0.29, 0.717) is 33.0 Å². The van der Waals surface area contributed by atoms with Gasteiger partial charge in [0, 0.05) is 27.1 Å². The summed E-state index contributed by atoms with van der Waals surface area (Å²) in [5, 5.41) is 10.0. The van der Waals surface area contributed by atoms with Crippen molar-refractivity contribution in [1.29, 1.82) is 0 Å². The van der Waals surface area contributed by atoms with Crippen LogP contribution in [0.3, 0.4) is 0 Å². The number of halogens is 1. The van der Waals surface area contributed by atoms with Crippen LogP contribution in [0.15, 0.2) is 65.6 Å². The molecule has 3 aromatic carbocycles. The normalized spacial score (nSPS) is 15.2. The van der Waals surface area contributed by atoms with Crippen LogP contribution in [0.5, 0.6) is 5.75 Å². The van der Waals surface area contributed by atoms with Gasteiger partial charge in [0.25, 0.3) is 0 Å². The predicted octanol–water partition coefficient (Wildman–Crippen LogP) is 6.88. The first-order chi connectivity index (χ1) is 17.4. The lowest BCUT2D eigenvalue weighted by Gasteiger charge is -2.25. The van der Waals surface area contributed by atoms with Crippen LogP contribution in [0.2, 0.25) is 5.02 Å². The largest absolute Gasteiger partial charge is 0.496 e. The van der Waals surface area contributed by atoms with Crippen LogP contribution in [0, 0.1) is 0 Å². The molecule has 0 bridgehead atoms. The number of nitrogens with zero attached hydrogens (tertiary/aromatic N) is 2. The summed E-state index contributed by atoms with van der Waals surface area (Å²) >= 11 is 6.13. The molecule has 1 unspecified atom stereocenters. The number of carboxylic acids is 1. The molecule has 8 heteroatoms. The Balaban J connectivity index is 1.49. The standard InChI is InChI=1S/C28H27ClN2O4S/c1-35-26-14-10-21(29)15-20(26)17-36(34)23-11-7-18(8-12-23)27-30-24-16-19(28(32)33)9-13-25(24)31(27)22-5-3-2-4-6-22/h7-16,22H,2-6,17H2,1H3,(H,32,33). The summed E-state index contributed by atoms with van der Waals surface area (Å²) in [6.45, 7) is 0. The third kappa shape index (κ3) is 4.90. The minimum atomic E-state index is -1.28. The highest BCUT2D eigenvalue weighted by Gasteiger charge is 2.23. The van der Waals surface area contributed by atoms with Crippen molar-refractivity contribution in [2.45, 2.75) is 48.8 Å². The van der Waals surface area contributed by atoms with Crippen LogP contribution < -0.4 is 4.74 Å². The number of hydrogen-bond donors (Lipinski definition) is 1. The fourth-order valence-electron chi connectivity index (χ4n) is 4.98. The summed E-state index contributed by atoms with van der Waals surface area (Å²) in [7, 11) is 0.303. The number of carbonyl (C=O) groups is 1. The topological polar surface area (TPSA) is 81.4 Å². The Labute approximate surface area is 217 Å². The first-order valence-electron chi connectivity index (χ1n) is 12.0. The van der Waals surface area contributed by atoms with Gasteiger partial charge >= 0.3 is 5.97 Å². The van der Waals surface area contributed by atoms with Gasteiger partial charge in [-0.25, -0.2) is 9.78 Å². The first kappa shape index (κ1) is 24.5. The Bertz CT molecular complexity index is 1440. The van der Waals surface area contributed by atoms with Gasteiger partial charge in [-0.1, -0.05) is 43.0 Å². The average Bonchev–Trinajstić information content (AvgIpc) is 3.28. The van der Waals surface area contributed by atoms with Crippen molar-refractivity contribution < 1.29 is 18.8 Å². The Morgan fingerprint density at radius 2 is 1.83 bits per heavy atom. The lowest BCUT2D eigenvalue weighted by molar-refractivity contribution is 0.0697. The molecule has 0 spiro atoms. The number of methoxy groups -OCH3 is 1. The summed E-state index contributed by atoms with van der Waals surface area (Å²) in [5.41, 5.74) is 3.55. The van der Waals surface area contributed by atoms with E-state index in [4.69, 9.17) is 21.3 Å². The van der Waals surface area contributed by atoms with Crippen molar-refractivity contribution in [3.8, 4) is 17.1 Å². The van der Waals surface area contributed by atoms with Gasteiger partial charge < -0.3 is 14.4 Å². The Hall–Kier alpha value is -3.16. The summed E-state index contributed by atoms with van der Waals surface area (Å²) in [5.74, 6) is 0.801. The van der Waals surface area contributed by atoms with Gasteiger partial charge in [-0.15, -0.1) is 0 Å². The van der Waals surface area contributed by atoms with E-state index in [0.717, 1.165) is 35.3 Å². The molecule has 0 saturated heterocycles. The number of imidazole rings is 1. The fourth-order valence-corrected chi connectivity index (χ4v) is 6.29. The number of rotatable bonds is 7. The molecule has 1 aliphatic carbocycles. The summed E-state index contributed by atoms with van der Waals surface area (Å²) < 4.78 is 20.8. The molecular weight excluding hydrogens is 496 g/mol. The van der Waals surface area contributed by atoms with Gasteiger partial charge in [-0.3, -0.25) is 4.21 Å². The second kappa shape index (κ2) is 10.4. The van der Waals surface area contributed by atoms with Gasteiger partial charge in [-0.2, -0.15) is 0 Å². The molecule has 4 aromatic rings. The summed E-state index contributed by atoms with van der Waals surface area (Å²) in [6, 6.07) is 18.4. The molecule has 1 aromatic heterocycles.